The zero-order chi connectivity index (χ0) is 18.1. The smallest absolute Gasteiger partial charge is 0.335 e. The molecule has 0 unspecified atom stereocenters. The van der Waals surface area contributed by atoms with Gasteiger partial charge in [0, 0.05) is 30.4 Å². The van der Waals surface area contributed by atoms with E-state index in [1.54, 1.807) is 31.4 Å². The lowest BCUT2D eigenvalue weighted by atomic mass is 10.0. The van der Waals surface area contributed by atoms with Crippen molar-refractivity contribution in [2.24, 2.45) is 0 Å². The molecule has 0 aliphatic carbocycles. The molecule has 128 valence electrons. The number of carboxylic acids is 1. The van der Waals surface area contributed by atoms with Crippen molar-refractivity contribution in [3.63, 3.8) is 0 Å². The van der Waals surface area contributed by atoms with Crippen molar-refractivity contribution in [3.8, 4) is 0 Å². The molecule has 0 bridgehead atoms. The summed E-state index contributed by atoms with van der Waals surface area (Å²) in [5.41, 5.74) is 3.51. The van der Waals surface area contributed by atoms with Crippen molar-refractivity contribution < 1.29 is 9.90 Å². The van der Waals surface area contributed by atoms with Gasteiger partial charge in [-0.15, -0.1) is 0 Å². The van der Waals surface area contributed by atoms with E-state index in [1.165, 1.54) is 0 Å². The number of hydrogen-bond acceptors (Lipinski definition) is 5. The second kappa shape index (κ2) is 6.40. The van der Waals surface area contributed by atoms with Gasteiger partial charge in [-0.25, -0.2) is 14.8 Å². The molecule has 0 aliphatic heterocycles. The molecule has 2 aromatic heterocycles. The first-order valence-corrected chi connectivity index (χ1v) is 8.20. The number of nitrogens with one attached hydrogen (secondary N) is 1. The Morgan fingerprint density at radius 1 is 1.08 bits per heavy atom. The van der Waals surface area contributed by atoms with Crippen LogP contribution in [0.4, 0.5) is 5.95 Å². The molecule has 6 heteroatoms. The fourth-order valence-corrected chi connectivity index (χ4v) is 3.02. The van der Waals surface area contributed by atoms with Gasteiger partial charge in [0.1, 0.15) is 0 Å². The van der Waals surface area contributed by atoms with Crippen molar-refractivity contribution in [3.05, 3.63) is 71.5 Å². The first-order valence-electron chi connectivity index (χ1n) is 8.20. The van der Waals surface area contributed by atoms with E-state index in [0.717, 1.165) is 27.5 Å². The van der Waals surface area contributed by atoms with Gasteiger partial charge in [-0.05, 0) is 17.7 Å². The van der Waals surface area contributed by atoms with Crippen LogP contribution in [0.25, 0.3) is 21.8 Å². The molecule has 4 rings (SSSR count). The summed E-state index contributed by atoms with van der Waals surface area (Å²) in [6.07, 6.45) is 2.36. The largest absolute Gasteiger partial charge is 0.478 e. The summed E-state index contributed by atoms with van der Waals surface area (Å²) >= 11 is 0. The number of carbonyl (C=O) groups is 1. The van der Waals surface area contributed by atoms with Crippen LogP contribution in [0.1, 0.15) is 21.6 Å². The van der Waals surface area contributed by atoms with Crippen LogP contribution >= 0.6 is 0 Å². The minimum absolute atomic E-state index is 0.211. The van der Waals surface area contributed by atoms with Gasteiger partial charge < -0.3 is 10.4 Å². The van der Waals surface area contributed by atoms with Crippen LogP contribution in [0.5, 0.6) is 0 Å². The highest BCUT2D eigenvalue weighted by atomic mass is 16.4. The Balaban J connectivity index is 1.99. The van der Waals surface area contributed by atoms with Crippen LogP contribution < -0.4 is 5.32 Å². The van der Waals surface area contributed by atoms with Gasteiger partial charge in [-0.3, -0.25) is 4.98 Å². The van der Waals surface area contributed by atoms with E-state index in [0.29, 0.717) is 17.9 Å². The number of aromatic nitrogens is 3. The summed E-state index contributed by atoms with van der Waals surface area (Å²) < 4.78 is 0. The van der Waals surface area contributed by atoms with Crippen molar-refractivity contribution in [2.75, 3.05) is 12.4 Å². The van der Waals surface area contributed by atoms with E-state index in [1.807, 2.05) is 30.3 Å². The maximum absolute atomic E-state index is 11.3. The fraction of sp³-hybridized carbons (Fsp3) is 0.100. The number of aromatic carboxylic acids is 1. The third kappa shape index (κ3) is 2.82. The topological polar surface area (TPSA) is 88.0 Å². The van der Waals surface area contributed by atoms with Gasteiger partial charge in [0.15, 0.2) is 0 Å². The number of fused-ring (bicyclic) bond motifs is 3. The van der Waals surface area contributed by atoms with Gasteiger partial charge in [-0.1, -0.05) is 36.4 Å². The molecule has 0 amide bonds. The van der Waals surface area contributed by atoms with Crippen LogP contribution in [0.3, 0.4) is 0 Å². The van der Waals surface area contributed by atoms with Gasteiger partial charge in [0.05, 0.1) is 22.3 Å². The van der Waals surface area contributed by atoms with Crippen molar-refractivity contribution in [1.82, 2.24) is 15.0 Å². The quantitative estimate of drug-likeness (QED) is 0.551. The third-order valence-electron chi connectivity index (χ3n) is 4.29. The fourth-order valence-electron chi connectivity index (χ4n) is 3.02. The number of anilines is 1. The average molecular weight is 344 g/mol. The predicted octanol–water partition coefficient (Wildman–Crippen LogP) is 3.51. The summed E-state index contributed by atoms with van der Waals surface area (Å²) in [6.45, 7) is 0. The second-order valence-electron chi connectivity index (χ2n) is 5.96. The van der Waals surface area contributed by atoms with Gasteiger partial charge in [-0.2, -0.15) is 0 Å². The molecular weight excluding hydrogens is 328 g/mol. The highest BCUT2D eigenvalue weighted by Crippen LogP contribution is 2.27. The van der Waals surface area contributed by atoms with E-state index in [-0.39, 0.29) is 5.56 Å². The van der Waals surface area contributed by atoms with Crippen LogP contribution in [-0.4, -0.2) is 33.1 Å². The Bertz CT molecular complexity index is 1130. The third-order valence-corrected chi connectivity index (χ3v) is 4.29. The first kappa shape index (κ1) is 16.0. The Kier molecular flexibility index (Phi) is 3.93. The lowest BCUT2D eigenvalue weighted by Gasteiger charge is -2.10. The molecule has 0 saturated carbocycles. The SMILES string of the molecule is CNc1ncc2c(n1)c(Cc1ccccc1)nc1cc(C(=O)O)ccc12. The van der Waals surface area contributed by atoms with Gasteiger partial charge in [0.25, 0.3) is 0 Å². The summed E-state index contributed by atoms with van der Waals surface area (Å²) in [6, 6.07) is 14.9. The number of rotatable bonds is 4. The molecule has 26 heavy (non-hydrogen) atoms. The predicted molar refractivity (Wildman–Crippen MR) is 101 cm³/mol. The maximum Gasteiger partial charge on any atom is 0.335 e. The van der Waals surface area contributed by atoms with E-state index in [4.69, 9.17) is 4.98 Å². The Morgan fingerprint density at radius 3 is 2.62 bits per heavy atom. The van der Waals surface area contributed by atoms with E-state index >= 15 is 0 Å². The van der Waals surface area contributed by atoms with Crippen LogP contribution in [0.15, 0.2) is 54.7 Å². The lowest BCUT2D eigenvalue weighted by Crippen LogP contribution is -2.03. The number of hydrogen-bond donors (Lipinski definition) is 2. The van der Waals surface area contributed by atoms with Crippen LogP contribution in [0.2, 0.25) is 0 Å². The zero-order valence-corrected chi connectivity index (χ0v) is 14.1. The molecule has 0 aliphatic rings. The minimum atomic E-state index is -0.972. The molecule has 2 N–H and O–H groups in total. The maximum atomic E-state index is 11.3. The van der Waals surface area contributed by atoms with E-state index < -0.39 is 5.97 Å². The summed E-state index contributed by atoms with van der Waals surface area (Å²) in [5.74, 6) is -0.449. The highest BCUT2D eigenvalue weighted by molar-refractivity contribution is 6.06. The first-order chi connectivity index (χ1) is 12.7. The molecule has 0 spiro atoms. The summed E-state index contributed by atoms with van der Waals surface area (Å²) in [5, 5.41) is 13.9. The molecule has 0 atom stereocenters. The van der Waals surface area contributed by atoms with Crippen molar-refractivity contribution in [2.45, 2.75) is 6.42 Å². The minimum Gasteiger partial charge on any atom is -0.478 e. The second-order valence-corrected chi connectivity index (χ2v) is 5.96. The molecular formula is C20H16N4O2. The van der Waals surface area contributed by atoms with E-state index in [9.17, 15) is 9.90 Å². The summed E-state index contributed by atoms with van der Waals surface area (Å²) in [4.78, 5) is 25.0. The zero-order valence-electron chi connectivity index (χ0n) is 14.1. The average Bonchev–Trinajstić information content (AvgIpc) is 2.68. The standard InChI is InChI=1S/C20H16N4O2/c1-21-20-22-11-15-14-8-7-13(19(25)26)10-16(14)23-17(18(15)24-20)9-12-5-3-2-4-6-12/h2-8,10-11H,9H2,1H3,(H,25,26)(H,21,22,24). The normalized spacial score (nSPS) is 11.0. The molecule has 6 nitrogen and oxygen atoms in total. The number of carboxylic acid groups (broad SMARTS) is 1. The Labute approximate surface area is 149 Å². The van der Waals surface area contributed by atoms with Crippen molar-refractivity contribution in [1.29, 1.82) is 0 Å². The number of pyridine rings is 1. The molecule has 0 saturated heterocycles. The number of nitrogens with zero attached hydrogens (tertiary/aromatic N) is 3. The Morgan fingerprint density at radius 2 is 1.88 bits per heavy atom. The lowest BCUT2D eigenvalue weighted by molar-refractivity contribution is 0.0697. The Hall–Kier alpha value is -3.54. The monoisotopic (exact) mass is 344 g/mol. The molecule has 0 fully saturated rings. The van der Waals surface area contributed by atoms with Crippen molar-refractivity contribution >= 4 is 33.7 Å². The summed E-state index contributed by atoms with van der Waals surface area (Å²) in [7, 11) is 1.77. The molecule has 0 radical (unpaired) electrons. The van der Waals surface area contributed by atoms with Gasteiger partial charge in [0.2, 0.25) is 5.95 Å². The van der Waals surface area contributed by atoms with Crippen LogP contribution in [-0.2, 0) is 6.42 Å². The van der Waals surface area contributed by atoms with Crippen LogP contribution in [0, 0.1) is 0 Å². The molecule has 4 aromatic rings. The highest BCUT2D eigenvalue weighted by Gasteiger charge is 2.14. The number of benzene rings is 2. The molecule has 2 heterocycles. The molecule has 2 aromatic carbocycles. The van der Waals surface area contributed by atoms with E-state index in [2.05, 4.69) is 15.3 Å². The van der Waals surface area contributed by atoms with Gasteiger partial charge >= 0.3 is 5.97 Å².